The predicted octanol–water partition coefficient (Wildman–Crippen LogP) is 2.81. The number of H-pyrrole nitrogens is 1. The van der Waals surface area contributed by atoms with Crippen molar-refractivity contribution in [3.8, 4) is 0 Å². The highest BCUT2D eigenvalue weighted by Crippen LogP contribution is 2.20. The monoisotopic (exact) mass is 296 g/mol. The molecular weight excluding hydrogens is 284 g/mol. The van der Waals surface area contributed by atoms with Gasteiger partial charge in [-0.25, -0.2) is 4.98 Å². The second kappa shape index (κ2) is 6.08. The lowest BCUT2D eigenvalue weighted by Crippen LogP contribution is -2.14. The third-order valence-corrected chi connectivity index (χ3v) is 3.62. The SMILES string of the molecule is Cc1nc(SCC(=O)Nc2ccc(C)c(Cl)c2)n[nH]1. The van der Waals surface area contributed by atoms with Crippen LogP contribution in [0.5, 0.6) is 0 Å². The lowest BCUT2D eigenvalue weighted by molar-refractivity contribution is -0.113. The Labute approximate surface area is 120 Å². The molecule has 19 heavy (non-hydrogen) atoms. The van der Waals surface area contributed by atoms with Gasteiger partial charge in [0.25, 0.3) is 0 Å². The first-order valence-electron chi connectivity index (χ1n) is 5.62. The molecule has 2 N–H and O–H groups in total. The molecule has 0 fully saturated rings. The maximum Gasteiger partial charge on any atom is 0.234 e. The molecular formula is C12H13ClN4OS. The standard InChI is InChI=1S/C12H13ClN4OS/c1-7-3-4-9(5-10(7)13)15-11(18)6-19-12-14-8(2)16-17-12/h3-5H,6H2,1-2H3,(H,15,18)(H,14,16,17). The Bertz CT molecular complexity index is 599. The van der Waals surface area contributed by atoms with E-state index in [9.17, 15) is 4.79 Å². The zero-order chi connectivity index (χ0) is 13.8. The van der Waals surface area contributed by atoms with Gasteiger partial charge in [-0.1, -0.05) is 29.4 Å². The summed E-state index contributed by atoms with van der Waals surface area (Å²) < 4.78 is 0. The number of anilines is 1. The van der Waals surface area contributed by atoms with Gasteiger partial charge in [0.05, 0.1) is 5.75 Å². The van der Waals surface area contributed by atoms with E-state index in [1.54, 1.807) is 6.07 Å². The lowest BCUT2D eigenvalue weighted by Gasteiger charge is -2.05. The fourth-order valence-electron chi connectivity index (χ4n) is 1.38. The Morgan fingerprint density at radius 3 is 2.89 bits per heavy atom. The van der Waals surface area contributed by atoms with Crippen molar-refractivity contribution in [1.82, 2.24) is 15.2 Å². The zero-order valence-electron chi connectivity index (χ0n) is 10.5. The van der Waals surface area contributed by atoms with Crippen LogP contribution in [-0.4, -0.2) is 26.8 Å². The molecule has 0 saturated carbocycles. The molecule has 2 rings (SSSR count). The van der Waals surface area contributed by atoms with E-state index in [1.165, 1.54) is 11.8 Å². The smallest absolute Gasteiger partial charge is 0.234 e. The van der Waals surface area contributed by atoms with E-state index in [0.29, 0.717) is 15.9 Å². The fourth-order valence-corrected chi connectivity index (χ4v) is 2.21. The zero-order valence-corrected chi connectivity index (χ0v) is 12.1. The molecule has 0 atom stereocenters. The Hall–Kier alpha value is -1.53. The van der Waals surface area contributed by atoms with Crippen molar-refractivity contribution < 1.29 is 4.79 Å². The fraction of sp³-hybridized carbons (Fsp3) is 0.250. The van der Waals surface area contributed by atoms with E-state index in [2.05, 4.69) is 20.5 Å². The molecule has 0 aliphatic carbocycles. The molecule has 0 aliphatic heterocycles. The van der Waals surface area contributed by atoms with Gasteiger partial charge in [-0.05, 0) is 31.5 Å². The maximum absolute atomic E-state index is 11.7. The molecule has 0 bridgehead atoms. The van der Waals surface area contributed by atoms with Crippen molar-refractivity contribution in [2.75, 3.05) is 11.1 Å². The van der Waals surface area contributed by atoms with Gasteiger partial charge in [0.15, 0.2) is 0 Å². The number of carbonyl (C=O) groups excluding carboxylic acids is 1. The minimum Gasteiger partial charge on any atom is -0.325 e. The molecule has 1 aromatic heterocycles. The number of aromatic amines is 1. The van der Waals surface area contributed by atoms with Crippen molar-refractivity contribution in [3.05, 3.63) is 34.6 Å². The lowest BCUT2D eigenvalue weighted by atomic mass is 10.2. The third-order valence-electron chi connectivity index (χ3n) is 2.36. The van der Waals surface area contributed by atoms with Crippen LogP contribution >= 0.6 is 23.4 Å². The van der Waals surface area contributed by atoms with Gasteiger partial charge in [-0.15, -0.1) is 5.10 Å². The van der Waals surface area contributed by atoms with E-state index in [4.69, 9.17) is 11.6 Å². The first kappa shape index (κ1) is 13.9. The van der Waals surface area contributed by atoms with Gasteiger partial charge in [-0.2, -0.15) is 0 Å². The van der Waals surface area contributed by atoms with Gasteiger partial charge in [0.2, 0.25) is 11.1 Å². The van der Waals surface area contributed by atoms with E-state index >= 15 is 0 Å². The van der Waals surface area contributed by atoms with Crippen molar-refractivity contribution in [1.29, 1.82) is 0 Å². The van der Waals surface area contributed by atoms with Crippen LogP contribution in [0.2, 0.25) is 5.02 Å². The quantitative estimate of drug-likeness (QED) is 0.851. The number of rotatable bonds is 4. The van der Waals surface area contributed by atoms with Crippen molar-refractivity contribution in [3.63, 3.8) is 0 Å². The molecule has 1 aromatic carbocycles. The van der Waals surface area contributed by atoms with Gasteiger partial charge < -0.3 is 5.32 Å². The molecule has 0 unspecified atom stereocenters. The molecule has 100 valence electrons. The number of nitrogens with one attached hydrogen (secondary N) is 2. The summed E-state index contributed by atoms with van der Waals surface area (Å²) in [5.41, 5.74) is 1.66. The van der Waals surface area contributed by atoms with Gasteiger partial charge in [0, 0.05) is 10.7 Å². The van der Waals surface area contributed by atoms with Gasteiger partial charge >= 0.3 is 0 Å². The van der Waals surface area contributed by atoms with Crippen LogP contribution in [0.3, 0.4) is 0 Å². The molecule has 2 aromatic rings. The minimum absolute atomic E-state index is 0.118. The summed E-state index contributed by atoms with van der Waals surface area (Å²) in [5, 5.41) is 10.6. The number of hydrogen-bond acceptors (Lipinski definition) is 4. The molecule has 0 saturated heterocycles. The highest BCUT2D eigenvalue weighted by molar-refractivity contribution is 7.99. The van der Waals surface area contributed by atoms with Crippen molar-refractivity contribution in [2.24, 2.45) is 0 Å². The van der Waals surface area contributed by atoms with Gasteiger partial charge in [0.1, 0.15) is 5.82 Å². The van der Waals surface area contributed by atoms with Crippen LogP contribution in [0.1, 0.15) is 11.4 Å². The van der Waals surface area contributed by atoms with Crippen LogP contribution in [-0.2, 0) is 4.79 Å². The molecule has 0 aliphatic rings. The third kappa shape index (κ3) is 3.97. The van der Waals surface area contributed by atoms with Gasteiger partial charge in [-0.3, -0.25) is 9.89 Å². The Morgan fingerprint density at radius 1 is 1.47 bits per heavy atom. The van der Waals surface area contributed by atoms with E-state index in [1.807, 2.05) is 26.0 Å². The molecule has 1 heterocycles. The summed E-state index contributed by atoms with van der Waals surface area (Å²) in [4.78, 5) is 15.9. The summed E-state index contributed by atoms with van der Waals surface area (Å²) in [7, 11) is 0. The number of thioether (sulfide) groups is 1. The molecule has 0 spiro atoms. The average Bonchev–Trinajstić information content (AvgIpc) is 2.77. The van der Waals surface area contributed by atoms with Crippen LogP contribution < -0.4 is 5.32 Å². The highest BCUT2D eigenvalue weighted by Gasteiger charge is 2.07. The Kier molecular flexibility index (Phi) is 4.44. The van der Waals surface area contributed by atoms with E-state index < -0.39 is 0 Å². The molecule has 5 nitrogen and oxygen atoms in total. The number of halogens is 1. The number of aromatic nitrogens is 3. The van der Waals surface area contributed by atoms with Crippen molar-refractivity contribution in [2.45, 2.75) is 19.0 Å². The number of carbonyl (C=O) groups is 1. The molecule has 1 amide bonds. The average molecular weight is 297 g/mol. The summed E-state index contributed by atoms with van der Waals surface area (Å²) in [6, 6.07) is 5.42. The topological polar surface area (TPSA) is 70.7 Å². The van der Waals surface area contributed by atoms with Crippen LogP contribution in [0.4, 0.5) is 5.69 Å². The highest BCUT2D eigenvalue weighted by atomic mass is 35.5. The second-order valence-corrected chi connectivity index (χ2v) is 5.35. The number of amides is 1. The summed E-state index contributed by atoms with van der Waals surface area (Å²) in [5.74, 6) is 0.864. The molecule has 0 radical (unpaired) electrons. The number of aryl methyl sites for hydroxylation is 2. The summed E-state index contributed by atoms with van der Waals surface area (Å²) in [6.45, 7) is 3.72. The number of nitrogens with zero attached hydrogens (tertiary/aromatic N) is 2. The maximum atomic E-state index is 11.7. The summed E-state index contributed by atoms with van der Waals surface area (Å²) >= 11 is 7.27. The second-order valence-electron chi connectivity index (χ2n) is 4.00. The Balaban J connectivity index is 1.88. The number of hydrogen-bond donors (Lipinski definition) is 2. The number of benzene rings is 1. The first-order valence-corrected chi connectivity index (χ1v) is 6.99. The Morgan fingerprint density at radius 2 is 2.26 bits per heavy atom. The van der Waals surface area contributed by atoms with Crippen LogP contribution in [0.15, 0.2) is 23.4 Å². The van der Waals surface area contributed by atoms with E-state index in [0.717, 1.165) is 11.4 Å². The largest absolute Gasteiger partial charge is 0.325 e. The first-order chi connectivity index (χ1) is 9.04. The van der Waals surface area contributed by atoms with Crippen molar-refractivity contribution >= 4 is 35.0 Å². The van der Waals surface area contributed by atoms with Crippen LogP contribution in [0.25, 0.3) is 0 Å². The molecule has 7 heteroatoms. The predicted molar refractivity (Wildman–Crippen MR) is 76.7 cm³/mol. The summed E-state index contributed by atoms with van der Waals surface area (Å²) in [6.07, 6.45) is 0. The van der Waals surface area contributed by atoms with E-state index in [-0.39, 0.29) is 11.7 Å². The van der Waals surface area contributed by atoms with Crippen LogP contribution in [0, 0.1) is 13.8 Å². The normalized spacial score (nSPS) is 10.5. The minimum atomic E-state index is -0.118.